The number of hydrogen-bond donors (Lipinski definition) is 2. The van der Waals surface area contributed by atoms with Crippen LogP contribution in [0.25, 0.3) is 0 Å². The van der Waals surface area contributed by atoms with E-state index in [4.69, 9.17) is 5.11 Å². The predicted octanol–water partition coefficient (Wildman–Crippen LogP) is 2.23. The lowest BCUT2D eigenvalue weighted by Crippen LogP contribution is -2.43. The van der Waals surface area contributed by atoms with Crippen molar-refractivity contribution in [3.05, 3.63) is 35.1 Å². The molecule has 4 heteroatoms. The van der Waals surface area contributed by atoms with Crippen molar-refractivity contribution in [1.82, 2.24) is 5.32 Å². The zero-order valence-corrected chi connectivity index (χ0v) is 11.5. The third kappa shape index (κ3) is 3.37. The SMILES string of the molecule is CC1(NC(=O)c2cc(C#CCO)ccc2F)CCCC1. The quantitative estimate of drug-likeness (QED) is 0.813. The van der Waals surface area contributed by atoms with Crippen LogP contribution >= 0.6 is 0 Å². The van der Waals surface area contributed by atoms with Gasteiger partial charge in [-0.2, -0.15) is 0 Å². The van der Waals surface area contributed by atoms with Gasteiger partial charge in [0.1, 0.15) is 12.4 Å². The van der Waals surface area contributed by atoms with Crippen LogP contribution in [0.3, 0.4) is 0 Å². The summed E-state index contributed by atoms with van der Waals surface area (Å²) < 4.78 is 13.8. The second kappa shape index (κ2) is 6.06. The highest BCUT2D eigenvalue weighted by molar-refractivity contribution is 5.95. The van der Waals surface area contributed by atoms with Crippen LogP contribution in [0.5, 0.6) is 0 Å². The zero-order chi connectivity index (χ0) is 14.6. The minimum Gasteiger partial charge on any atom is -0.384 e. The molecule has 106 valence electrons. The fourth-order valence-corrected chi connectivity index (χ4v) is 2.54. The highest BCUT2D eigenvalue weighted by Crippen LogP contribution is 2.29. The molecule has 0 bridgehead atoms. The molecule has 1 aromatic carbocycles. The van der Waals surface area contributed by atoms with Gasteiger partial charge in [-0.1, -0.05) is 24.7 Å². The summed E-state index contributed by atoms with van der Waals surface area (Å²) >= 11 is 0. The Labute approximate surface area is 118 Å². The zero-order valence-electron chi connectivity index (χ0n) is 11.5. The molecule has 2 N–H and O–H groups in total. The van der Waals surface area contributed by atoms with Crippen molar-refractivity contribution < 1.29 is 14.3 Å². The van der Waals surface area contributed by atoms with Crippen molar-refractivity contribution in [2.45, 2.75) is 38.1 Å². The van der Waals surface area contributed by atoms with Crippen LogP contribution in [0, 0.1) is 17.7 Å². The van der Waals surface area contributed by atoms with Gasteiger partial charge in [-0.25, -0.2) is 4.39 Å². The Bertz CT molecular complexity index is 566. The van der Waals surface area contributed by atoms with E-state index in [-0.39, 0.29) is 17.7 Å². The number of hydrogen-bond acceptors (Lipinski definition) is 2. The molecule has 1 aromatic rings. The molecular weight excluding hydrogens is 257 g/mol. The number of aliphatic hydroxyl groups is 1. The van der Waals surface area contributed by atoms with Crippen LogP contribution in [0.4, 0.5) is 4.39 Å². The van der Waals surface area contributed by atoms with Crippen LogP contribution in [0.15, 0.2) is 18.2 Å². The minimum absolute atomic E-state index is 0.00265. The monoisotopic (exact) mass is 275 g/mol. The van der Waals surface area contributed by atoms with Gasteiger partial charge in [0.2, 0.25) is 0 Å². The van der Waals surface area contributed by atoms with Crippen molar-refractivity contribution in [3.63, 3.8) is 0 Å². The first-order chi connectivity index (χ1) is 9.54. The molecular formula is C16H18FNO2. The molecule has 1 fully saturated rings. The van der Waals surface area contributed by atoms with Crippen molar-refractivity contribution in [1.29, 1.82) is 0 Å². The summed E-state index contributed by atoms with van der Waals surface area (Å²) in [5.74, 6) is 4.20. The van der Waals surface area contributed by atoms with E-state index in [0.29, 0.717) is 5.56 Å². The van der Waals surface area contributed by atoms with E-state index in [0.717, 1.165) is 25.7 Å². The standard InChI is InChI=1S/C16H18FNO2/c1-16(8-2-3-9-16)18-15(20)13-11-12(5-4-10-19)6-7-14(13)17/h6-7,11,19H,2-3,8-10H2,1H3,(H,18,20). The lowest BCUT2D eigenvalue weighted by Gasteiger charge is -2.25. The summed E-state index contributed by atoms with van der Waals surface area (Å²) in [7, 11) is 0. The second-order valence-corrected chi connectivity index (χ2v) is 5.38. The summed E-state index contributed by atoms with van der Waals surface area (Å²) in [6.45, 7) is 1.72. The molecule has 0 atom stereocenters. The first kappa shape index (κ1) is 14.5. The molecule has 0 spiro atoms. The number of carbonyl (C=O) groups excluding carboxylic acids is 1. The first-order valence-corrected chi connectivity index (χ1v) is 6.76. The van der Waals surface area contributed by atoms with Crippen molar-refractivity contribution >= 4 is 5.91 Å². The van der Waals surface area contributed by atoms with Crippen molar-refractivity contribution in [3.8, 4) is 11.8 Å². The Morgan fingerprint density at radius 3 is 2.80 bits per heavy atom. The van der Waals surface area contributed by atoms with E-state index in [1.54, 1.807) is 0 Å². The number of aliphatic hydroxyl groups excluding tert-OH is 1. The van der Waals surface area contributed by atoms with E-state index in [1.807, 2.05) is 6.92 Å². The Morgan fingerprint density at radius 2 is 2.15 bits per heavy atom. The van der Waals surface area contributed by atoms with Crippen LogP contribution in [0.1, 0.15) is 48.5 Å². The van der Waals surface area contributed by atoms with E-state index >= 15 is 0 Å². The van der Waals surface area contributed by atoms with Crippen LogP contribution < -0.4 is 5.32 Å². The molecule has 1 aliphatic rings. The van der Waals surface area contributed by atoms with Crippen LogP contribution in [-0.2, 0) is 0 Å². The highest BCUT2D eigenvalue weighted by atomic mass is 19.1. The third-order valence-electron chi connectivity index (χ3n) is 3.65. The van der Waals surface area contributed by atoms with Gasteiger partial charge in [-0.05, 0) is 38.0 Å². The van der Waals surface area contributed by atoms with Gasteiger partial charge in [0.25, 0.3) is 5.91 Å². The first-order valence-electron chi connectivity index (χ1n) is 6.76. The van der Waals surface area contributed by atoms with Gasteiger partial charge in [-0.3, -0.25) is 4.79 Å². The number of rotatable bonds is 2. The topological polar surface area (TPSA) is 49.3 Å². The molecule has 3 nitrogen and oxygen atoms in total. The minimum atomic E-state index is -0.557. The number of halogens is 1. The number of carbonyl (C=O) groups is 1. The van der Waals surface area contributed by atoms with Gasteiger partial charge < -0.3 is 10.4 Å². The molecule has 0 aromatic heterocycles. The molecule has 0 saturated heterocycles. The van der Waals surface area contributed by atoms with Gasteiger partial charge in [0.05, 0.1) is 5.56 Å². The Kier molecular flexibility index (Phi) is 4.41. The largest absolute Gasteiger partial charge is 0.384 e. The van der Waals surface area contributed by atoms with Crippen LogP contribution in [-0.4, -0.2) is 23.2 Å². The third-order valence-corrected chi connectivity index (χ3v) is 3.65. The average molecular weight is 275 g/mol. The summed E-state index contributed by atoms with van der Waals surface area (Å²) in [5, 5.41) is 11.6. The molecule has 1 aliphatic carbocycles. The molecule has 0 unspecified atom stereocenters. The normalized spacial score (nSPS) is 16.4. The van der Waals surface area contributed by atoms with Crippen molar-refractivity contribution in [2.75, 3.05) is 6.61 Å². The van der Waals surface area contributed by atoms with Crippen molar-refractivity contribution in [2.24, 2.45) is 0 Å². The van der Waals surface area contributed by atoms with E-state index < -0.39 is 11.7 Å². The number of nitrogens with one attached hydrogen (secondary N) is 1. The van der Waals surface area contributed by atoms with E-state index in [9.17, 15) is 9.18 Å². The maximum atomic E-state index is 13.8. The smallest absolute Gasteiger partial charge is 0.254 e. The Balaban J connectivity index is 2.20. The Morgan fingerprint density at radius 1 is 1.45 bits per heavy atom. The highest BCUT2D eigenvalue weighted by Gasteiger charge is 2.31. The molecule has 0 radical (unpaired) electrons. The Hall–Kier alpha value is -1.86. The van der Waals surface area contributed by atoms with Gasteiger partial charge >= 0.3 is 0 Å². The maximum absolute atomic E-state index is 13.8. The lowest BCUT2D eigenvalue weighted by molar-refractivity contribution is 0.0904. The maximum Gasteiger partial charge on any atom is 0.254 e. The number of amides is 1. The summed E-state index contributed by atoms with van der Waals surface area (Å²) in [6, 6.07) is 4.14. The molecule has 1 saturated carbocycles. The molecule has 1 amide bonds. The predicted molar refractivity (Wildman–Crippen MR) is 74.7 cm³/mol. The van der Waals surface area contributed by atoms with Gasteiger partial charge in [-0.15, -0.1) is 0 Å². The summed E-state index contributed by atoms with van der Waals surface area (Å²) in [5.41, 5.74) is 0.279. The fourth-order valence-electron chi connectivity index (χ4n) is 2.54. The molecule has 2 rings (SSSR count). The molecule has 0 heterocycles. The molecule has 20 heavy (non-hydrogen) atoms. The average Bonchev–Trinajstić information content (AvgIpc) is 2.84. The summed E-state index contributed by atoms with van der Waals surface area (Å²) in [4.78, 5) is 12.2. The van der Waals surface area contributed by atoms with E-state index in [1.165, 1.54) is 18.2 Å². The van der Waals surface area contributed by atoms with Gasteiger partial charge in [0, 0.05) is 11.1 Å². The van der Waals surface area contributed by atoms with Crippen LogP contribution in [0.2, 0.25) is 0 Å². The summed E-state index contributed by atoms with van der Waals surface area (Å²) in [6.07, 6.45) is 4.01. The second-order valence-electron chi connectivity index (χ2n) is 5.38. The fraction of sp³-hybridized carbons (Fsp3) is 0.438. The lowest BCUT2D eigenvalue weighted by atomic mass is 9.99. The van der Waals surface area contributed by atoms with Gasteiger partial charge in [0.15, 0.2) is 0 Å². The molecule has 0 aliphatic heterocycles. The number of benzene rings is 1. The van der Waals surface area contributed by atoms with E-state index in [2.05, 4.69) is 17.2 Å².